The average Bonchev–Trinajstić information content (AvgIpc) is 2.74. The van der Waals surface area contributed by atoms with Crippen LogP contribution in [0.4, 0.5) is 0 Å². The van der Waals surface area contributed by atoms with E-state index in [4.69, 9.17) is 9.15 Å². The van der Waals surface area contributed by atoms with E-state index in [1.807, 2.05) is 25.7 Å². The van der Waals surface area contributed by atoms with Gasteiger partial charge in [0.05, 0.1) is 24.5 Å². The molecule has 4 heteroatoms. The van der Waals surface area contributed by atoms with Crippen molar-refractivity contribution in [3.63, 3.8) is 0 Å². The minimum absolute atomic E-state index is 0.0647. The molecule has 1 aliphatic rings. The van der Waals surface area contributed by atoms with E-state index in [-0.39, 0.29) is 17.6 Å². The quantitative estimate of drug-likeness (QED) is 0.730. The van der Waals surface area contributed by atoms with Crippen LogP contribution < -0.4 is 0 Å². The Morgan fingerprint density at radius 1 is 1.56 bits per heavy atom. The number of carbonyl (C=O) groups is 1. The highest BCUT2D eigenvalue weighted by atomic mass is 16.5. The Hall–Kier alpha value is -1.29. The molecule has 1 saturated heterocycles. The summed E-state index contributed by atoms with van der Waals surface area (Å²) in [7, 11) is 0. The van der Waals surface area contributed by atoms with Gasteiger partial charge in [-0.3, -0.25) is 4.79 Å². The van der Waals surface area contributed by atoms with Crippen LogP contribution in [-0.4, -0.2) is 35.6 Å². The minimum atomic E-state index is -0.281. The van der Waals surface area contributed by atoms with Gasteiger partial charge in [0.25, 0.3) is 5.91 Å². The van der Waals surface area contributed by atoms with Crippen LogP contribution in [0.1, 0.15) is 31.3 Å². The number of hydrogen-bond donors (Lipinski definition) is 0. The maximum atomic E-state index is 12.2. The Balaban J connectivity index is 2.21. The second kappa shape index (κ2) is 3.94. The molecule has 1 aliphatic heterocycles. The average molecular weight is 223 g/mol. The summed E-state index contributed by atoms with van der Waals surface area (Å²) in [6.07, 6.45) is 1.59. The Labute approximate surface area is 95.2 Å². The first-order chi connectivity index (χ1) is 7.50. The second-order valence-electron chi connectivity index (χ2n) is 4.83. The van der Waals surface area contributed by atoms with E-state index in [0.717, 1.165) is 0 Å². The lowest BCUT2D eigenvalue weighted by atomic mass is 10.0. The SMILES string of the molecule is CC1CN(C(=O)c2ccco2)C(C)(C)CO1. The van der Waals surface area contributed by atoms with Crippen molar-refractivity contribution in [2.24, 2.45) is 0 Å². The normalized spacial score (nSPS) is 24.4. The summed E-state index contributed by atoms with van der Waals surface area (Å²) in [5, 5.41) is 0. The Kier molecular flexibility index (Phi) is 2.76. The molecule has 1 unspecified atom stereocenters. The van der Waals surface area contributed by atoms with Gasteiger partial charge in [0.15, 0.2) is 5.76 Å². The highest BCUT2D eigenvalue weighted by molar-refractivity contribution is 5.92. The standard InChI is InChI=1S/C12H17NO3/c1-9-7-13(12(2,3)8-16-9)11(14)10-5-4-6-15-10/h4-6,9H,7-8H2,1-3H3. The summed E-state index contributed by atoms with van der Waals surface area (Å²) in [5.74, 6) is 0.326. The monoisotopic (exact) mass is 223 g/mol. The minimum Gasteiger partial charge on any atom is -0.459 e. The van der Waals surface area contributed by atoms with E-state index in [1.54, 1.807) is 12.1 Å². The van der Waals surface area contributed by atoms with Crippen LogP contribution in [0.3, 0.4) is 0 Å². The molecule has 2 heterocycles. The van der Waals surface area contributed by atoms with Crippen molar-refractivity contribution < 1.29 is 13.9 Å². The third-order valence-electron chi connectivity index (χ3n) is 2.87. The fraction of sp³-hybridized carbons (Fsp3) is 0.583. The number of carbonyl (C=O) groups excluding carboxylic acids is 1. The van der Waals surface area contributed by atoms with Gasteiger partial charge in [0.1, 0.15) is 0 Å². The van der Waals surface area contributed by atoms with Gasteiger partial charge in [-0.1, -0.05) is 0 Å². The molecule has 0 spiro atoms. The van der Waals surface area contributed by atoms with Gasteiger partial charge in [0.2, 0.25) is 0 Å². The molecule has 1 aromatic heterocycles. The molecule has 0 saturated carbocycles. The fourth-order valence-corrected chi connectivity index (χ4v) is 1.87. The number of morpholine rings is 1. The van der Waals surface area contributed by atoms with Crippen LogP contribution in [-0.2, 0) is 4.74 Å². The molecule has 0 bridgehead atoms. The molecule has 2 rings (SSSR count). The van der Waals surface area contributed by atoms with Gasteiger partial charge < -0.3 is 14.1 Å². The Bertz CT molecular complexity index is 370. The van der Waals surface area contributed by atoms with Crippen molar-refractivity contribution in [2.45, 2.75) is 32.4 Å². The zero-order valence-electron chi connectivity index (χ0n) is 9.90. The van der Waals surface area contributed by atoms with Crippen molar-refractivity contribution in [3.05, 3.63) is 24.2 Å². The number of furan rings is 1. The van der Waals surface area contributed by atoms with Crippen LogP contribution >= 0.6 is 0 Å². The first-order valence-electron chi connectivity index (χ1n) is 5.48. The zero-order valence-corrected chi connectivity index (χ0v) is 9.90. The van der Waals surface area contributed by atoms with Gasteiger partial charge in [-0.05, 0) is 32.9 Å². The lowest BCUT2D eigenvalue weighted by Crippen LogP contribution is -2.57. The largest absolute Gasteiger partial charge is 0.459 e. The molecule has 16 heavy (non-hydrogen) atoms. The van der Waals surface area contributed by atoms with E-state index in [0.29, 0.717) is 18.9 Å². The predicted molar refractivity (Wildman–Crippen MR) is 59.2 cm³/mol. The molecular weight excluding hydrogens is 206 g/mol. The fourth-order valence-electron chi connectivity index (χ4n) is 1.87. The highest BCUT2D eigenvalue weighted by Crippen LogP contribution is 2.24. The van der Waals surface area contributed by atoms with Crippen molar-refractivity contribution in [1.82, 2.24) is 4.90 Å². The third kappa shape index (κ3) is 1.97. The summed E-state index contributed by atoms with van der Waals surface area (Å²) in [6, 6.07) is 3.42. The smallest absolute Gasteiger partial charge is 0.290 e. The van der Waals surface area contributed by atoms with Crippen molar-refractivity contribution in [2.75, 3.05) is 13.2 Å². The molecule has 0 aliphatic carbocycles. The molecule has 0 radical (unpaired) electrons. The van der Waals surface area contributed by atoms with Gasteiger partial charge in [-0.2, -0.15) is 0 Å². The molecule has 1 fully saturated rings. The molecule has 1 aromatic rings. The lowest BCUT2D eigenvalue weighted by molar-refractivity contribution is -0.0764. The Morgan fingerprint density at radius 2 is 2.31 bits per heavy atom. The number of amides is 1. The molecule has 4 nitrogen and oxygen atoms in total. The highest BCUT2D eigenvalue weighted by Gasteiger charge is 2.37. The number of nitrogens with zero attached hydrogens (tertiary/aromatic N) is 1. The third-order valence-corrected chi connectivity index (χ3v) is 2.87. The van der Waals surface area contributed by atoms with Gasteiger partial charge in [0, 0.05) is 6.54 Å². The molecule has 1 atom stereocenters. The zero-order chi connectivity index (χ0) is 11.8. The maximum Gasteiger partial charge on any atom is 0.290 e. The van der Waals surface area contributed by atoms with E-state index >= 15 is 0 Å². The van der Waals surface area contributed by atoms with E-state index in [9.17, 15) is 4.79 Å². The summed E-state index contributed by atoms with van der Waals surface area (Å²) in [4.78, 5) is 14.0. The van der Waals surface area contributed by atoms with E-state index in [1.165, 1.54) is 6.26 Å². The number of hydrogen-bond acceptors (Lipinski definition) is 3. The van der Waals surface area contributed by atoms with Crippen molar-refractivity contribution in [3.8, 4) is 0 Å². The summed E-state index contributed by atoms with van der Waals surface area (Å²) >= 11 is 0. The van der Waals surface area contributed by atoms with Crippen LogP contribution in [0.5, 0.6) is 0 Å². The first-order valence-corrected chi connectivity index (χ1v) is 5.48. The van der Waals surface area contributed by atoms with Crippen LogP contribution in [0, 0.1) is 0 Å². The van der Waals surface area contributed by atoms with Crippen molar-refractivity contribution >= 4 is 5.91 Å². The topological polar surface area (TPSA) is 42.7 Å². The molecule has 1 amide bonds. The first kappa shape index (κ1) is 11.2. The predicted octanol–water partition coefficient (Wildman–Crippen LogP) is 1.92. The molecule has 0 aromatic carbocycles. The van der Waals surface area contributed by atoms with Gasteiger partial charge >= 0.3 is 0 Å². The van der Waals surface area contributed by atoms with Crippen LogP contribution in [0.15, 0.2) is 22.8 Å². The molecule has 0 N–H and O–H groups in total. The van der Waals surface area contributed by atoms with Crippen LogP contribution in [0.25, 0.3) is 0 Å². The van der Waals surface area contributed by atoms with Crippen molar-refractivity contribution in [1.29, 1.82) is 0 Å². The summed E-state index contributed by atoms with van der Waals surface area (Å²) in [5.41, 5.74) is -0.281. The molecule has 88 valence electrons. The van der Waals surface area contributed by atoms with Crippen LogP contribution in [0.2, 0.25) is 0 Å². The molecular formula is C12H17NO3. The summed E-state index contributed by atoms with van der Waals surface area (Å²) < 4.78 is 10.7. The van der Waals surface area contributed by atoms with Gasteiger partial charge in [-0.15, -0.1) is 0 Å². The Morgan fingerprint density at radius 3 is 2.94 bits per heavy atom. The number of rotatable bonds is 1. The van der Waals surface area contributed by atoms with Gasteiger partial charge in [-0.25, -0.2) is 0 Å². The van der Waals surface area contributed by atoms with E-state index in [2.05, 4.69) is 0 Å². The maximum absolute atomic E-state index is 12.2. The number of ether oxygens (including phenoxy) is 1. The summed E-state index contributed by atoms with van der Waals surface area (Å²) in [6.45, 7) is 7.13. The lowest BCUT2D eigenvalue weighted by Gasteiger charge is -2.44. The van der Waals surface area contributed by atoms with E-state index < -0.39 is 0 Å². The second-order valence-corrected chi connectivity index (χ2v) is 4.83.